The molecular weight excluding hydrogens is 286 g/mol. The Hall–Kier alpha value is -2.47. The maximum Gasteiger partial charge on any atom is 0.269 e. The highest BCUT2D eigenvalue weighted by molar-refractivity contribution is 7.80. The van der Waals surface area contributed by atoms with Crippen LogP contribution in [0.4, 0.5) is 17.1 Å². The predicted molar refractivity (Wildman–Crippen MR) is 88.9 cm³/mol. The monoisotopic (exact) mass is 301 g/mol. The van der Waals surface area contributed by atoms with Gasteiger partial charge in [-0.1, -0.05) is 18.2 Å². The molecule has 108 valence electrons. The summed E-state index contributed by atoms with van der Waals surface area (Å²) >= 11 is 5.27. The molecule has 0 aliphatic rings. The van der Waals surface area contributed by atoms with Crippen molar-refractivity contribution in [2.75, 3.05) is 10.6 Å². The fourth-order valence-electron chi connectivity index (χ4n) is 1.89. The number of benzene rings is 2. The molecule has 2 aromatic rings. The third-order valence-corrected chi connectivity index (χ3v) is 3.27. The highest BCUT2D eigenvalue weighted by Crippen LogP contribution is 2.21. The second kappa shape index (κ2) is 6.32. The van der Waals surface area contributed by atoms with Crippen LogP contribution in [0.3, 0.4) is 0 Å². The largest absolute Gasteiger partial charge is 0.332 e. The van der Waals surface area contributed by atoms with E-state index in [9.17, 15) is 10.1 Å². The zero-order chi connectivity index (χ0) is 15.4. The van der Waals surface area contributed by atoms with Gasteiger partial charge in [-0.15, -0.1) is 0 Å². The molecule has 0 aromatic heterocycles. The summed E-state index contributed by atoms with van der Waals surface area (Å²) in [7, 11) is 0. The maximum atomic E-state index is 10.7. The molecule has 5 nitrogen and oxygen atoms in total. The Morgan fingerprint density at radius 1 is 1.05 bits per heavy atom. The van der Waals surface area contributed by atoms with Gasteiger partial charge in [-0.25, -0.2) is 0 Å². The number of nitrogens with zero attached hydrogens (tertiary/aromatic N) is 1. The summed E-state index contributed by atoms with van der Waals surface area (Å²) in [6.45, 7) is 3.79. The second-order valence-corrected chi connectivity index (χ2v) is 5.06. The molecule has 0 spiro atoms. The lowest BCUT2D eigenvalue weighted by molar-refractivity contribution is -0.384. The summed E-state index contributed by atoms with van der Waals surface area (Å²) in [4.78, 5) is 10.3. The molecule has 0 fully saturated rings. The first-order chi connectivity index (χ1) is 9.97. The number of nitro benzene ring substituents is 1. The molecule has 6 heteroatoms. The van der Waals surface area contributed by atoms with E-state index in [2.05, 4.69) is 10.6 Å². The van der Waals surface area contributed by atoms with Crippen LogP contribution in [-0.4, -0.2) is 10.0 Å². The fraction of sp³-hybridized carbons (Fsp3) is 0.133. The van der Waals surface area contributed by atoms with Crippen LogP contribution < -0.4 is 10.6 Å². The van der Waals surface area contributed by atoms with Gasteiger partial charge in [0, 0.05) is 23.5 Å². The van der Waals surface area contributed by atoms with E-state index in [1.165, 1.54) is 12.1 Å². The van der Waals surface area contributed by atoms with Crippen LogP contribution in [0.1, 0.15) is 11.1 Å². The molecule has 0 saturated heterocycles. The summed E-state index contributed by atoms with van der Waals surface area (Å²) in [5, 5.41) is 17.3. The zero-order valence-electron chi connectivity index (χ0n) is 11.7. The van der Waals surface area contributed by atoms with E-state index in [1.807, 2.05) is 31.2 Å². The minimum atomic E-state index is -0.416. The molecule has 21 heavy (non-hydrogen) atoms. The van der Waals surface area contributed by atoms with Crippen molar-refractivity contribution in [3.05, 3.63) is 63.7 Å². The number of rotatable bonds is 3. The third kappa shape index (κ3) is 3.76. The molecule has 0 amide bonds. The molecule has 2 rings (SSSR count). The van der Waals surface area contributed by atoms with Gasteiger partial charge in [-0.3, -0.25) is 10.1 Å². The fourth-order valence-corrected chi connectivity index (χ4v) is 2.11. The van der Waals surface area contributed by atoms with E-state index >= 15 is 0 Å². The standard InChI is InChI=1S/C15H15N3O2S/c1-10-5-3-4-6-13(10)16-15(21)17-14-8-7-12(18(19)20)9-11(14)2/h3-9H,1-2H3,(H2,16,17,21). The SMILES string of the molecule is Cc1ccccc1NC(=S)Nc1ccc([N+](=O)[O-])cc1C. The predicted octanol–water partition coefficient (Wildman–Crippen LogP) is 4.02. The molecule has 0 saturated carbocycles. The van der Waals surface area contributed by atoms with E-state index in [0.29, 0.717) is 5.11 Å². The maximum absolute atomic E-state index is 10.7. The van der Waals surface area contributed by atoms with Gasteiger partial charge in [0.05, 0.1) is 4.92 Å². The Bertz CT molecular complexity index is 701. The number of para-hydroxylation sites is 1. The van der Waals surface area contributed by atoms with E-state index in [0.717, 1.165) is 22.5 Å². The van der Waals surface area contributed by atoms with Crippen molar-refractivity contribution in [3.63, 3.8) is 0 Å². The summed E-state index contributed by atoms with van der Waals surface area (Å²) in [5.41, 5.74) is 3.58. The van der Waals surface area contributed by atoms with Crippen LogP contribution in [0.5, 0.6) is 0 Å². The van der Waals surface area contributed by atoms with E-state index in [1.54, 1.807) is 13.0 Å². The number of non-ortho nitro benzene ring substituents is 1. The van der Waals surface area contributed by atoms with Crippen LogP contribution in [0, 0.1) is 24.0 Å². The van der Waals surface area contributed by atoms with Crippen molar-refractivity contribution in [1.82, 2.24) is 0 Å². The highest BCUT2D eigenvalue weighted by Gasteiger charge is 2.09. The van der Waals surface area contributed by atoms with Gasteiger partial charge in [0.2, 0.25) is 0 Å². The minimum Gasteiger partial charge on any atom is -0.332 e. The van der Waals surface area contributed by atoms with Crippen molar-refractivity contribution in [2.24, 2.45) is 0 Å². The van der Waals surface area contributed by atoms with Crippen LogP contribution in [0.15, 0.2) is 42.5 Å². The van der Waals surface area contributed by atoms with Crippen LogP contribution >= 0.6 is 12.2 Å². The quantitative estimate of drug-likeness (QED) is 0.509. The molecule has 0 heterocycles. The van der Waals surface area contributed by atoms with Crippen molar-refractivity contribution in [2.45, 2.75) is 13.8 Å². The smallest absolute Gasteiger partial charge is 0.269 e. The molecule has 0 bridgehead atoms. The minimum absolute atomic E-state index is 0.0656. The molecule has 2 aromatic carbocycles. The average molecular weight is 301 g/mol. The summed E-state index contributed by atoms with van der Waals surface area (Å²) in [6.07, 6.45) is 0. The molecule has 0 aliphatic carbocycles. The highest BCUT2D eigenvalue weighted by atomic mass is 32.1. The van der Waals surface area contributed by atoms with Crippen LogP contribution in [0.2, 0.25) is 0 Å². The Morgan fingerprint density at radius 2 is 1.67 bits per heavy atom. The van der Waals surface area contributed by atoms with Gasteiger partial charge in [0.25, 0.3) is 5.69 Å². The Kier molecular flexibility index (Phi) is 4.49. The Balaban J connectivity index is 2.10. The van der Waals surface area contributed by atoms with Gasteiger partial charge < -0.3 is 10.6 Å². The number of aryl methyl sites for hydroxylation is 2. The van der Waals surface area contributed by atoms with Crippen molar-refractivity contribution in [3.8, 4) is 0 Å². The lowest BCUT2D eigenvalue weighted by atomic mass is 10.2. The zero-order valence-corrected chi connectivity index (χ0v) is 12.5. The van der Waals surface area contributed by atoms with Crippen LogP contribution in [-0.2, 0) is 0 Å². The number of anilines is 2. The van der Waals surface area contributed by atoms with Gasteiger partial charge in [-0.05, 0) is 49.3 Å². The van der Waals surface area contributed by atoms with Crippen molar-refractivity contribution >= 4 is 34.4 Å². The van der Waals surface area contributed by atoms with Crippen molar-refractivity contribution in [1.29, 1.82) is 0 Å². The van der Waals surface area contributed by atoms with Crippen LogP contribution in [0.25, 0.3) is 0 Å². The number of hydrogen-bond donors (Lipinski definition) is 2. The third-order valence-electron chi connectivity index (χ3n) is 3.06. The Morgan fingerprint density at radius 3 is 2.24 bits per heavy atom. The van der Waals surface area contributed by atoms with Crippen molar-refractivity contribution < 1.29 is 4.92 Å². The van der Waals surface area contributed by atoms with E-state index in [4.69, 9.17) is 12.2 Å². The molecule has 2 N–H and O–H groups in total. The number of hydrogen-bond acceptors (Lipinski definition) is 3. The summed E-state index contributed by atoms with van der Waals surface area (Å²) < 4.78 is 0. The van der Waals surface area contributed by atoms with E-state index in [-0.39, 0.29) is 5.69 Å². The number of nitro groups is 1. The lowest BCUT2D eigenvalue weighted by Crippen LogP contribution is -2.20. The molecule has 0 unspecified atom stereocenters. The normalized spacial score (nSPS) is 10.0. The molecule has 0 radical (unpaired) electrons. The van der Waals surface area contributed by atoms with Gasteiger partial charge >= 0.3 is 0 Å². The first-order valence-corrected chi connectivity index (χ1v) is 6.77. The molecular formula is C15H15N3O2S. The first-order valence-electron chi connectivity index (χ1n) is 6.36. The van der Waals surface area contributed by atoms with Gasteiger partial charge in [0.1, 0.15) is 0 Å². The topological polar surface area (TPSA) is 67.2 Å². The van der Waals surface area contributed by atoms with E-state index < -0.39 is 4.92 Å². The Labute approximate surface area is 128 Å². The number of thiocarbonyl (C=S) groups is 1. The second-order valence-electron chi connectivity index (χ2n) is 4.65. The average Bonchev–Trinajstić information content (AvgIpc) is 2.43. The summed E-state index contributed by atoms with van der Waals surface area (Å²) in [6, 6.07) is 12.4. The van der Waals surface area contributed by atoms with Gasteiger partial charge in [0.15, 0.2) is 5.11 Å². The number of nitrogens with one attached hydrogen (secondary N) is 2. The molecule has 0 aliphatic heterocycles. The molecule has 0 atom stereocenters. The lowest BCUT2D eigenvalue weighted by Gasteiger charge is -2.13. The summed E-state index contributed by atoms with van der Waals surface area (Å²) in [5.74, 6) is 0. The van der Waals surface area contributed by atoms with Gasteiger partial charge in [-0.2, -0.15) is 0 Å². The first kappa shape index (κ1) is 14.9.